The minimum Gasteiger partial charge on any atom is -0.300 e. The second kappa shape index (κ2) is 10.9. The van der Waals surface area contributed by atoms with Crippen LogP contribution in [0.25, 0.3) is 0 Å². The summed E-state index contributed by atoms with van der Waals surface area (Å²) in [6, 6.07) is 2.59. The first-order chi connectivity index (χ1) is 12.8. The number of ketones is 2. The molecule has 0 N–H and O–H groups in total. The molecule has 2 atom stereocenters. The van der Waals surface area contributed by atoms with E-state index in [0.29, 0.717) is 23.4 Å². The Morgan fingerprint density at radius 3 is 1.79 bits per heavy atom. The van der Waals surface area contributed by atoms with Crippen molar-refractivity contribution in [3.63, 3.8) is 0 Å². The van der Waals surface area contributed by atoms with E-state index < -0.39 is 16.1 Å². The molecular formula is C24H44O2Si2. The Kier molecular flexibility index (Phi) is 9.81. The molecule has 28 heavy (non-hydrogen) atoms. The molecule has 0 spiro atoms. The number of rotatable bonds is 6. The molecule has 0 aromatic rings. The molecular weight excluding hydrogens is 376 g/mol. The quantitative estimate of drug-likeness (QED) is 0.334. The number of carbonyl (C=O) groups is 2. The SMILES string of the molecule is CC(=O)C1CC=C(C[Si](C)(C)C)CC1.CC(=O)C1CCC=C(C[Si](C)(C)C)C1. The Hall–Kier alpha value is -0.746. The summed E-state index contributed by atoms with van der Waals surface area (Å²) in [6.07, 6.45) is 11.2. The summed E-state index contributed by atoms with van der Waals surface area (Å²) in [5.41, 5.74) is 3.16. The van der Waals surface area contributed by atoms with Gasteiger partial charge in [0.15, 0.2) is 0 Å². The lowest BCUT2D eigenvalue weighted by atomic mass is 9.87. The molecule has 0 bridgehead atoms. The van der Waals surface area contributed by atoms with Crippen LogP contribution in [0.4, 0.5) is 0 Å². The summed E-state index contributed by atoms with van der Waals surface area (Å²) in [5.74, 6) is 1.39. The third-order valence-electron chi connectivity index (χ3n) is 5.63. The highest BCUT2D eigenvalue weighted by Crippen LogP contribution is 2.31. The molecule has 2 aliphatic carbocycles. The third-order valence-corrected chi connectivity index (χ3v) is 8.66. The van der Waals surface area contributed by atoms with Crippen LogP contribution in [-0.2, 0) is 9.59 Å². The van der Waals surface area contributed by atoms with Crippen LogP contribution in [0.2, 0.25) is 51.4 Å². The summed E-state index contributed by atoms with van der Waals surface area (Å²) >= 11 is 0. The molecule has 2 unspecified atom stereocenters. The monoisotopic (exact) mass is 420 g/mol. The van der Waals surface area contributed by atoms with Crippen molar-refractivity contribution in [2.75, 3.05) is 0 Å². The van der Waals surface area contributed by atoms with Crippen LogP contribution in [0.15, 0.2) is 23.3 Å². The summed E-state index contributed by atoms with van der Waals surface area (Å²) < 4.78 is 0. The van der Waals surface area contributed by atoms with Gasteiger partial charge in [0.1, 0.15) is 11.6 Å². The first-order valence-electron chi connectivity index (χ1n) is 11.1. The number of hydrogen-bond acceptors (Lipinski definition) is 2. The molecule has 0 radical (unpaired) electrons. The normalized spacial score (nSPS) is 23.1. The largest absolute Gasteiger partial charge is 0.300 e. The Labute approximate surface area is 176 Å². The average Bonchev–Trinajstić information content (AvgIpc) is 2.53. The lowest BCUT2D eigenvalue weighted by Crippen LogP contribution is -2.23. The smallest absolute Gasteiger partial charge is 0.133 e. The molecule has 0 saturated carbocycles. The Bertz CT molecular complexity index is 603. The molecule has 160 valence electrons. The van der Waals surface area contributed by atoms with Crippen molar-refractivity contribution >= 4 is 27.7 Å². The van der Waals surface area contributed by atoms with E-state index in [-0.39, 0.29) is 0 Å². The maximum absolute atomic E-state index is 11.3. The molecule has 2 aliphatic rings. The maximum Gasteiger partial charge on any atom is 0.133 e. The predicted octanol–water partition coefficient (Wildman–Crippen LogP) is 7.28. The predicted molar refractivity (Wildman–Crippen MR) is 129 cm³/mol. The fourth-order valence-electron chi connectivity index (χ4n) is 4.26. The number of allylic oxidation sites excluding steroid dienone is 4. The maximum atomic E-state index is 11.3. The Balaban J connectivity index is 0.000000280. The second-order valence-corrected chi connectivity index (χ2v) is 22.3. The van der Waals surface area contributed by atoms with Gasteiger partial charge in [-0.25, -0.2) is 0 Å². The van der Waals surface area contributed by atoms with Gasteiger partial charge >= 0.3 is 0 Å². The number of carbonyl (C=O) groups excluding carboxylic acids is 2. The molecule has 0 fully saturated rings. The van der Waals surface area contributed by atoms with Gasteiger partial charge in [-0.05, 0) is 64.5 Å². The van der Waals surface area contributed by atoms with Crippen molar-refractivity contribution in [3.05, 3.63) is 23.3 Å². The summed E-state index contributed by atoms with van der Waals surface area (Å²) in [4.78, 5) is 22.5. The van der Waals surface area contributed by atoms with Crippen molar-refractivity contribution in [2.45, 2.75) is 104 Å². The van der Waals surface area contributed by atoms with E-state index in [4.69, 9.17) is 0 Å². The molecule has 0 heterocycles. The third kappa shape index (κ3) is 10.7. The van der Waals surface area contributed by atoms with Gasteiger partial charge in [-0.3, -0.25) is 9.59 Å². The van der Waals surface area contributed by atoms with E-state index in [1.54, 1.807) is 25.0 Å². The van der Waals surface area contributed by atoms with Crippen molar-refractivity contribution in [1.29, 1.82) is 0 Å². The van der Waals surface area contributed by atoms with Crippen LogP contribution < -0.4 is 0 Å². The summed E-state index contributed by atoms with van der Waals surface area (Å²) in [7, 11) is -1.94. The van der Waals surface area contributed by atoms with E-state index in [0.717, 1.165) is 38.5 Å². The number of hydrogen-bond donors (Lipinski definition) is 0. The van der Waals surface area contributed by atoms with E-state index >= 15 is 0 Å². The molecule has 2 rings (SSSR count). The fourth-order valence-corrected chi connectivity index (χ4v) is 7.60. The van der Waals surface area contributed by atoms with Crippen molar-refractivity contribution in [3.8, 4) is 0 Å². The van der Waals surface area contributed by atoms with Crippen LogP contribution in [0, 0.1) is 11.8 Å². The Morgan fingerprint density at radius 1 is 0.821 bits per heavy atom. The molecule has 0 saturated heterocycles. The fraction of sp³-hybridized carbons (Fsp3) is 0.750. The summed E-state index contributed by atoms with van der Waals surface area (Å²) in [5, 5.41) is 0. The Morgan fingerprint density at radius 2 is 1.36 bits per heavy atom. The van der Waals surface area contributed by atoms with Crippen LogP contribution in [0.1, 0.15) is 52.4 Å². The topological polar surface area (TPSA) is 34.1 Å². The van der Waals surface area contributed by atoms with Gasteiger partial charge in [0.25, 0.3) is 0 Å². The highest BCUT2D eigenvalue weighted by Gasteiger charge is 2.23. The first-order valence-corrected chi connectivity index (χ1v) is 18.5. The van der Waals surface area contributed by atoms with Crippen molar-refractivity contribution in [1.82, 2.24) is 0 Å². The highest BCUT2D eigenvalue weighted by atomic mass is 28.3. The van der Waals surface area contributed by atoms with Crippen molar-refractivity contribution in [2.24, 2.45) is 11.8 Å². The first kappa shape index (κ1) is 25.3. The van der Waals surface area contributed by atoms with E-state index in [1.807, 2.05) is 0 Å². The van der Waals surface area contributed by atoms with Gasteiger partial charge in [0.2, 0.25) is 0 Å². The standard InChI is InChI=1S/2C12H22OSi/c1-10(13)12-7-5-11(6-8-12)9-14(2,3)4;1-10(13)12-7-5-6-11(8-12)9-14(2,3)4/h5,12H,6-9H2,1-4H3;6,12H,5,7-9H2,1-4H3. The van der Waals surface area contributed by atoms with E-state index in [9.17, 15) is 9.59 Å². The van der Waals surface area contributed by atoms with Gasteiger partial charge in [0, 0.05) is 28.0 Å². The number of Topliss-reactive ketones (excluding diaryl/α,β-unsaturated/α-hetero) is 2. The van der Waals surface area contributed by atoms with Crippen LogP contribution in [0.5, 0.6) is 0 Å². The molecule has 2 nitrogen and oxygen atoms in total. The molecule has 0 aromatic heterocycles. The molecule has 0 amide bonds. The van der Waals surface area contributed by atoms with Crippen molar-refractivity contribution < 1.29 is 9.59 Å². The average molecular weight is 421 g/mol. The minimum absolute atomic E-state index is 0.320. The van der Waals surface area contributed by atoms with Gasteiger partial charge in [0.05, 0.1) is 0 Å². The van der Waals surface area contributed by atoms with Crippen LogP contribution >= 0.6 is 0 Å². The highest BCUT2D eigenvalue weighted by molar-refractivity contribution is 6.77. The van der Waals surface area contributed by atoms with E-state index in [1.165, 1.54) is 12.1 Å². The zero-order valence-electron chi connectivity index (χ0n) is 19.8. The zero-order chi connectivity index (χ0) is 21.5. The van der Waals surface area contributed by atoms with Gasteiger partial charge in [-0.1, -0.05) is 62.6 Å². The molecule has 0 aromatic carbocycles. The lowest BCUT2D eigenvalue weighted by Gasteiger charge is -2.25. The molecule has 4 heteroatoms. The van der Waals surface area contributed by atoms with Gasteiger partial charge in [-0.2, -0.15) is 0 Å². The van der Waals surface area contributed by atoms with E-state index in [2.05, 4.69) is 51.4 Å². The van der Waals surface area contributed by atoms with Gasteiger partial charge < -0.3 is 0 Å². The second-order valence-electron chi connectivity index (χ2n) is 11.4. The lowest BCUT2D eigenvalue weighted by molar-refractivity contribution is -0.121. The molecule has 0 aliphatic heterocycles. The minimum atomic E-state index is -0.989. The van der Waals surface area contributed by atoms with Crippen LogP contribution in [0.3, 0.4) is 0 Å². The van der Waals surface area contributed by atoms with Gasteiger partial charge in [-0.15, -0.1) is 0 Å². The summed E-state index contributed by atoms with van der Waals surface area (Å²) in [6.45, 7) is 17.9. The van der Waals surface area contributed by atoms with Crippen LogP contribution in [-0.4, -0.2) is 27.7 Å². The zero-order valence-corrected chi connectivity index (χ0v) is 21.8.